The number of thioether (sulfide) groups is 1. The highest BCUT2D eigenvalue weighted by molar-refractivity contribution is 8.03. The summed E-state index contributed by atoms with van der Waals surface area (Å²) < 4.78 is 0. The third kappa shape index (κ3) is 2.89. The molecule has 2 unspecified atom stereocenters. The number of allylic oxidation sites excluding steroid dienone is 1. The summed E-state index contributed by atoms with van der Waals surface area (Å²) in [4.78, 5) is 4.49. The lowest BCUT2D eigenvalue weighted by molar-refractivity contribution is 0.888. The van der Waals surface area contributed by atoms with Crippen LogP contribution in [0.3, 0.4) is 0 Å². The fourth-order valence-electron chi connectivity index (χ4n) is 2.45. The summed E-state index contributed by atoms with van der Waals surface area (Å²) in [5.41, 5.74) is 3.90. The van der Waals surface area contributed by atoms with Gasteiger partial charge >= 0.3 is 0 Å². The molecule has 0 spiro atoms. The lowest BCUT2D eigenvalue weighted by Crippen LogP contribution is -2.08. The molecule has 0 saturated carbocycles. The van der Waals surface area contributed by atoms with E-state index in [1.54, 1.807) is 11.3 Å². The Hall–Kier alpha value is -1.32. The van der Waals surface area contributed by atoms with Crippen LogP contribution in [-0.2, 0) is 0 Å². The Labute approximate surface area is 128 Å². The van der Waals surface area contributed by atoms with E-state index in [2.05, 4.69) is 65.2 Å². The largest absolute Gasteiger partial charge is 0.242 e. The maximum absolute atomic E-state index is 4.49. The van der Waals surface area contributed by atoms with E-state index in [0.29, 0.717) is 11.2 Å². The van der Waals surface area contributed by atoms with E-state index in [1.165, 1.54) is 11.1 Å². The number of hydrogen-bond acceptors (Lipinski definition) is 3. The number of thiazole rings is 1. The summed E-state index contributed by atoms with van der Waals surface area (Å²) >= 11 is 3.60. The van der Waals surface area contributed by atoms with Gasteiger partial charge in [-0.15, -0.1) is 23.1 Å². The summed E-state index contributed by atoms with van der Waals surface area (Å²) in [5, 5.41) is 5.89. The Bertz CT molecular complexity index is 655. The molecule has 2 heterocycles. The summed E-state index contributed by atoms with van der Waals surface area (Å²) in [5.74, 6) is 0.471. The van der Waals surface area contributed by atoms with E-state index in [-0.39, 0.29) is 0 Å². The molecule has 0 N–H and O–H groups in total. The fourth-order valence-corrected chi connectivity index (χ4v) is 4.16. The zero-order valence-corrected chi connectivity index (χ0v) is 13.2. The van der Waals surface area contributed by atoms with Gasteiger partial charge in [-0.3, -0.25) is 0 Å². The van der Waals surface area contributed by atoms with Gasteiger partial charge in [0.25, 0.3) is 0 Å². The minimum Gasteiger partial charge on any atom is -0.242 e. The van der Waals surface area contributed by atoms with Crippen LogP contribution in [-0.4, -0.2) is 10.2 Å². The van der Waals surface area contributed by atoms with Gasteiger partial charge < -0.3 is 0 Å². The smallest absolute Gasteiger partial charge is 0.116 e. The average molecular weight is 299 g/mol. The van der Waals surface area contributed by atoms with Crippen molar-refractivity contribution in [3.05, 3.63) is 69.0 Å². The second kappa shape index (κ2) is 5.98. The van der Waals surface area contributed by atoms with Gasteiger partial charge in [0.1, 0.15) is 5.01 Å². The van der Waals surface area contributed by atoms with Gasteiger partial charge in [-0.1, -0.05) is 36.4 Å². The van der Waals surface area contributed by atoms with Crippen LogP contribution in [0.5, 0.6) is 0 Å². The molecule has 3 heteroatoms. The molecule has 0 amide bonds. The predicted molar refractivity (Wildman–Crippen MR) is 90.3 cm³/mol. The van der Waals surface area contributed by atoms with Gasteiger partial charge in [0.2, 0.25) is 0 Å². The second-order valence-corrected chi connectivity index (χ2v) is 6.98. The van der Waals surface area contributed by atoms with Crippen molar-refractivity contribution < 1.29 is 0 Å². The number of rotatable bonds is 3. The van der Waals surface area contributed by atoms with Crippen LogP contribution < -0.4 is 0 Å². The first-order valence-corrected chi connectivity index (χ1v) is 8.54. The quantitative estimate of drug-likeness (QED) is 0.774. The van der Waals surface area contributed by atoms with Crippen molar-refractivity contribution in [2.24, 2.45) is 0 Å². The van der Waals surface area contributed by atoms with E-state index < -0.39 is 0 Å². The lowest BCUT2D eigenvalue weighted by atomic mass is 9.92. The molecule has 0 radical (unpaired) electrons. The van der Waals surface area contributed by atoms with Crippen molar-refractivity contribution in [2.75, 3.05) is 0 Å². The molecule has 1 aromatic carbocycles. The number of aromatic nitrogens is 1. The van der Waals surface area contributed by atoms with Crippen molar-refractivity contribution >= 4 is 29.2 Å². The Morgan fingerprint density at radius 3 is 2.80 bits per heavy atom. The minimum absolute atomic E-state index is 0.471. The third-order valence-corrected chi connectivity index (χ3v) is 5.50. The van der Waals surface area contributed by atoms with Gasteiger partial charge in [0, 0.05) is 22.2 Å². The summed E-state index contributed by atoms with van der Waals surface area (Å²) in [7, 11) is 0. The molecule has 20 heavy (non-hydrogen) atoms. The highest BCUT2D eigenvalue weighted by atomic mass is 32.2. The Balaban J connectivity index is 1.80. The molecule has 2 aromatic rings. The zero-order valence-electron chi connectivity index (χ0n) is 11.6. The SMILES string of the molecule is Cc1csc(C=CC2SC=CC2c2ccccc2C)n1. The first-order chi connectivity index (χ1) is 9.74. The topological polar surface area (TPSA) is 12.9 Å². The van der Waals surface area contributed by atoms with Crippen molar-refractivity contribution in [3.8, 4) is 0 Å². The monoisotopic (exact) mass is 299 g/mol. The molecular weight excluding hydrogens is 282 g/mol. The van der Waals surface area contributed by atoms with Crippen LogP contribution in [0.25, 0.3) is 6.08 Å². The molecular formula is C17H17NS2. The highest BCUT2D eigenvalue weighted by Gasteiger charge is 2.23. The molecule has 0 aliphatic carbocycles. The maximum atomic E-state index is 4.49. The van der Waals surface area contributed by atoms with Crippen molar-refractivity contribution in [3.63, 3.8) is 0 Å². The highest BCUT2D eigenvalue weighted by Crippen LogP contribution is 2.39. The van der Waals surface area contributed by atoms with Crippen molar-refractivity contribution in [1.29, 1.82) is 0 Å². The first kappa shape index (κ1) is 13.7. The summed E-state index contributed by atoms with van der Waals surface area (Å²) in [6, 6.07) is 8.67. The van der Waals surface area contributed by atoms with Crippen molar-refractivity contribution in [2.45, 2.75) is 25.0 Å². The molecule has 1 aliphatic rings. The van der Waals surface area contributed by atoms with E-state index in [9.17, 15) is 0 Å². The molecule has 0 bridgehead atoms. The number of hydrogen-bond donors (Lipinski definition) is 0. The van der Waals surface area contributed by atoms with Gasteiger partial charge in [-0.25, -0.2) is 4.98 Å². The molecule has 0 fully saturated rings. The third-order valence-electron chi connectivity index (χ3n) is 3.49. The van der Waals surface area contributed by atoms with Crippen LogP contribution in [0, 0.1) is 13.8 Å². The van der Waals surface area contributed by atoms with Crippen LogP contribution in [0.1, 0.15) is 27.7 Å². The van der Waals surface area contributed by atoms with Crippen LogP contribution in [0.2, 0.25) is 0 Å². The van der Waals surface area contributed by atoms with Gasteiger partial charge in [0.05, 0.1) is 0 Å². The number of nitrogens with zero attached hydrogens (tertiary/aromatic N) is 1. The normalized spacial score (nSPS) is 21.9. The number of benzene rings is 1. The van der Waals surface area contributed by atoms with E-state index in [4.69, 9.17) is 0 Å². The predicted octanol–water partition coefficient (Wildman–Crippen LogP) is 5.19. The molecule has 2 atom stereocenters. The molecule has 1 aliphatic heterocycles. The lowest BCUT2D eigenvalue weighted by Gasteiger charge is -2.17. The second-order valence-electron chi connectivity index (χ2n) is 5.00. The van der Waals surface area contributed by atoms with Crippen LogP contribution in [0.4, 0.5) is 0 Å². The molecule has 102 valence electrons. The number of aryl methyl sites for hydroxylation is 2. The van der Waals surface area contributed by atoms with Crippen LogP contribution >= 0.6 is 23.1 Å². The standard InChI is InChI=1S/C17H17NS2/c1-12-5-3-4-6-14(12)15-9-10-19-16(15)7-8-17-18-13(2)11-20-17/h3-11,15-16H,1-2H3. The summed E-state index contributed by atoms with van der Waals surface area (Å²) in [6.07, 6.45) is 6.77. The molecule has 1 aromatic heterocycles. The zero-order chi connectivity index (χ0) is 13.9. The molecule has 0 saturated heterocycles. The van der Waals surface area contributed by atoms with E-state index >= 15 is 0 Å². The Morgan fingerprint density at radius 1 is 1.20 bits per heavy atom. The van der Waals surface area contributed by atoms with Gasteiger partial charge in [-0.2, -0.15) is 0 Å². The first-order valence-electron chi connectivity index (χ1n) is 6.72. The Morgan fingerprint density at radius 2 is 2.05 bits per heavy atom. The van der Waals surface area contributed by atoms with Crippen molar-refractivity contribution in [1.82, 2.24) is 4.98 Å². The van der Waals surface area contributed by atoms with E-state index in [1.807, 2.05) is 18.7 Å². The average Bonchev–Trinajstić information content (AvgIpc) is 3.06. The van der Waals surface area contributed by atoms with Crippen LogP contribution in [0.15, 0.2) is 47.2 Å². The van der Waals surface area contributed by atoms with Gasteiger partial charge in [0.15, 0.2) is 0 Å². The van der Waals surface area contributed by atoms with E-state index in [0.717, 1.165) is 10.7 Å². The summed E-state index contributed by atoms with van der Waals surface area (Å²) in [6.45, 7) is 4.23. The molecule has 3 rings (SSSR count). The fraction of sp³-hybridized carbons (Fsp3) is 0.235. The Kier molecular flexibility index (Phi) is 4.08. The van der Waals surface area contributed by atoms with Gasteiger partial charge in [-0.05, 0) is 36.5 Å². The molecule has 1 nitrogen and oxygen atoms in total. The minimum atomic E-state index is 0.471. The maximum Gasteiger partial charge on any atom is 0.116 e.